The van der Waals surface area contributed by atoms with Crippen molar-refractivity contribution in [3.63, 3.8) is 0 Å². The highest BCUT2D eigenvalue weighted by Gasteiger charge is 2.33. The number of hydrogen-bond donors (Lipinski definition) is 2. The summed E-state index contributed by atoms with van der Waals surface area (Å²) >= 11 is 4.97. The minimum absolute atomic E-state index is 0.0378. The SMILES string of the molecule is CC(=O)N1N=C(c2c(O)n(C)c(=S)[nH]c2=O)C[C@@H]1c1ccccc1. The van der Waals surface area contributed by atoms with E-state index in [0.29, 0.717) is 12.1 Å². The quantitative estimate of drug-likeness (QED) is 0.814. The topological polar surface area (TPSA) is 90.7 Å². The molecule has 3 rings (SSSR count). The molecule has 2 heterocycles. The second kappa shape index (κ2) is 6.04. The zero-order chi connectivity index (χ0) is 17.4. The number of nitrogens with one attached hydrogen (secondary N) is 1. The maximum atomic E-state index is 12.2. The van der Waals surface area contributed by atoms with Crippen molar-refractivity contribution in [3.05, 3.63) is 56.6 Å². The molecular formula is C16H16N4O3S. The Labute approximate surface area is 142 Å². The molecule has 0 bridgehead atoms. The van der Waals surface area contributed by atoms with E-state index < -0.39 is 5.56 Å². The molecule has 1 amide bonds. The summed E-state index contributed by atoms with van der Waals surface area (Å²) in [5.74, 6) is -0.501. The van der Waals surface area contributed by atoms with Crippen LogP contribution in [0.3, 0.4) is 0 Å². The number of hydrazone groups is 1. The van der Waals surface area contributed by atoms with Crippen LogP contribution in [-0.4, -0.2) is 31.3 Å². The van der Waals surface area contributed by atoms with Crippen molar-refractivity contribution in [2.45, 2.75) is 19.4 Å². The van der Waals surface area contributed by atoms with Crippen molar-refractivity contribution in [3.8, 4) is 5.88 Å². The number of rotatable bonds is 2. The first-order chi connectivity index (χ1) is 11.4. The molecule has 1 aliphatic rings. The van der Waals surface area contributed by atoms with E-state index in [9.17, 15) is 14.7 Å². The summed E-state index contributed by atoms with van der Waals surface area (Å²) in [6.07, 6.45) is 0.330. The number of H-pyrrole nitrogens is 1. The number of amides is 1. The summed E-state index contributed by atoms with van der Waals surface area (Å²) < 4.78 is 1.41. The van der Waals surface area contributed by atoms with Crippen LogP contribution in [0.15, 0.2) is 40.2 Å². The molecule has 1 aromatic heterocycles. The molecule has 1 aliphatic heterocycles. The third-order valence-electron chi connectivity index (χ3n) is 4.00. The van der Waals surface area contributed by atoms with Gasteiger partial charge in [-0.25, -0.2) is 5.01 Å². The van der Waals surface area contributed by atoms with Gasteiger partial charge in [0, 0.05) is 20.4 Å². The molecule has 124 valence electrons. The fourth-order valence-corrected chi connectivity index (χ4v) is 2.93. The van der Waals surface area contributed by atoms with Crippen LogP contribution in [0.2, 0.25) is 0 Å². The highest BCUT2D eigenvalue weighted by Crippen LogP contribution is 2.33. The molecule has 0 radical (unpaired) electrons. The van der Waals surface area contributed by atoms with Crippen LogP contribution < -0.4 is 5.56 Å². The third-order valence-corrected chi connectivity index (χ3v) is 4.38. The van der Waals surface area contributed by atoms with Gasteiger partial charge < -0.3 is 5.11 Å². The lowest BCUT2D eigenvalue weighted by Crippen LogP contribution is -2.24. The minimum atomic E-state index is -0.522. The van der Waals surface area contributed by atoms with Gasteiger partial charge in [0.25, 0.3) is 5.56 Å². The van der Waals surface area contributed by atoms with E-state index in [1.165, 1.54) is 16.5 Å². The molecule has 24 heavy (non-hydrogen) atoms. The summed E-state index contributed by atoms with van der Waals surface area (Å²) in [6, 6.07) is 9.12. The van der Waals surface area contributed by atoms with Gasteiger partial charge in [-0.3, -0.25) is 19.1 Å². The Kier molecular flexibility index (Phi) is 4.06. The summed E-state index contributed by atoms with van der Waals surface area (Å²) in [6.45, 7) is 1.42. The van der Waals surface area contributed by atoms with E-state index in [2.05, 4.69) is 10.1 Å². The second-order valence-electron chi connectivity index (χ2n) is 5.56. The number of aromatic nitrogens is 2. The summed E-state index contributed by atoms with van der Waals surface area (Å²) in [5.41, 5.74) is 0.775. The number of nitrogens with zero attached hydrogens (tertiary/aromatic N) is 3. The Bertz CT molecular complexity index is 946. The number of carbonyl (C=O) groups is 1. The van der Waals surface area contributed by atoms with E-state index >= 15 is 0 Å². The standard InChI is InChI=1S/C16H16N4O3S/c1-9(21)20-12(10-6-4-3-5-7-10)8-11(18-20)13-14(22)17-16(24)19(2)15(13)23/h3-7,12,23H,8H2,1-2H3,(H,17,22,24)/t12-/m1/s1. The van der Waals surface area contributed by atoms with E-state index in [4.69, 9.17) is 12.2 Å². The second-order valence-corrected chi connectivity index (χ2v) is 5.94. The van der Waals surface area contributed by atoms with Crippen molar-refractivity contribution in [1.29, 1.82) is 0 Å². The molecule has 2 N–H and O–H groups in total. The molecule has 8 heteroatoms. The Morgan fingerprint density at radius 3 is 2.67 bits per heavy atom. The van der Waals surface area contributed by atoms with Crippen molar-refractivity contribution in [2.24, 2.45) is 12.1 Å². The molecule has 0 saturated carbocycles. The summed E-state index contributed by atoms with van der Waals surface area (Å²) in [7, 11) is 1.55. The average Bonchev–Trinajstić information content (AvgIpc) is 2.99. The lowest BCUT2D eigenvalue weighted by atomic mass is 9.99. The molecular weight excluding hydrogens is 328 g/mol. The van der Waals surface area contributed by atoms with Crippen molar-refractivity contribution in [2.75, 3.05) is 0 Å². The number of benzene rings is 1. The summed E-state index contributed by atoms with van der Waals surface area (Å²) in [4.78, 5) is 26.7. The Hall–Kier alpha value is -2.74. The predicted molar refractivity (Wildman–Crippen MR) is 91.4 cm³/mol. The maximum Gasteiger partial charge on any atom is 0.264 e. The van der Waals surface area contributed by atoms with Gasteiger partial charge in [0.05, 0.1) is 11.8 Å². The first kappa shape index (κ1) is 16.1. The number of hydrogen-bond acceptors (Lipinski definition) is 5. The number of aromatic amines is 1. The Balaban J connectivity index is 2.10. The normalized spacial score (nSPS) is 17.0. The van der Waals surface area contributed by atoms with E-state index in [1.807, 2.05) is 30.3 Å². The van der Waals surface area contributed by atoms with Gasteiger partial charge in [-0.2, -0.15) is 5.10 Å². The monoisotopic (exact) mass is 344 g/mol. The molecule has 7 nitrogen and oxygen atoms in total. The summed E-state index contributed by atoms with van der Waals surface area (Å²) in [5, 5.41) is 15.9. The molecule has 0 aliphatic carbocycles. The van der Waals surface area contributed by atoms with Gasteiger partial charge >= 0.3 is 0 Å². The first-order valence-electron chi connectivity index (χ1n) is 7.35. The van der Waals surface area contributed by atoms with Gasteiger partial charge in [0.1, 0.15) is 5.56 Å². The van der Waals surface area contributed by atoms with Crippen LogP contribution >= 0.6 is 12.2 Å². The minimum Gasteiger partial charge on any atom is -0.494 e. The molecule has 0 unspecified atom stereocenters. The van der Waals surface area contributed by atoms with Crippen LogP contribution in [0.25, 0.3) is 0 Å². The van der Waals surface area contributed by atoms with Crippen LogP contribution in [0, 0.1) is 4.77 Å². The molecule has 1 aromatic carbocycles. The molecule has 2 aromatic rings. The third kappa shape index (κ3) is 2.65. The van der Waals surface area contributed by atoms with Crippen molar-refractivity contribution < 1.29 is 9.90 Å². The van der Waals surface area contributed by atoms with Gasteiger partial charge in [-0.05, 0) is 17.8 Å². The van der Waals surface area contributed by atoms with Crippen molar-refractivity contribution in [1.82, 2.24) is 14.6 Å². The van der Waals surface area contributed by atoms with Crippen LogP contribution in [0.5, 0.6) is 5.88 Å². The lowest BCUT2D eigenvalue weighted by Gasteiger charge is -2.20. The molecule has 0 spiro atoms. The Morgan fingerprint density at radius 1 is 1.38 bits per heavy atom. The van der Waals surface area contributed by atoms with Crippen LogP contribution in [0.1, 0.15) is 30.5 Å². The molecule has 1 atom stereocenters. The van der Waals surface area contributed by atoms with Gasteiger partial charge in [-0.15, -0.1) is 0 Å². The highest BCUT2D eigenvalue weighted by molar-refractivity contribution is 7.71. The number of carbonyl (C=O) groups excluding carboxylic acids is 1. The highest BCUT2D eigenvalue weighted by atomic mass is 32.1. The van der Waals surface area contributed by atoms with Gasteiger partial charge in [0.15, 0.2) is 4.77 Å². The van der Waals surface area contributed by atoms with Crippen LogP contribution in [-0.2, 0) is 11.8 Å². The first-order valence-corrected chi connectivity index (χ1v) is 7.76. The lowest BCUT2D eigenvalue weighted by molar-refractivity contribution is -0.130. The number of aromatic hydroxyl groups is 1. The van der Waals surface area contributed by atoms with E-state index in [-0.39, 0.29) is 28.2 Å². The van der Waals surface area contributed by atoms with Crippen LogP contribution in [0.4, 0.5) is 0 Å². The van der Waals surface area contributed by atoms with E-state index in [0.717, 1.165) is 5.56 Å². The van der Waals surface area contributed by atoms with Gasteiger partial charge in [-0.1, -0.05) is 30.3 Å². The fraction of sp³-hybridized carbons (Fsp3) is 0.250. The predicted octanol–water partition coefficient (Wildman–Crippen LogP) is 1.85. The fourth-order valence-electron chi connectivity index (χ4n) is 2.76. The molecule has 0 saturated heterocycles. The van der Waals surface area contributed by atoms with Crippen molar-refractivity contribution >= 4 is 23.8 Å². The zero-order valence-electron chi connectivity index (χ0n) is 13.2. The molecule has 0 fully saturated rings. The Morgan fingerprint density at radius 2 is 2.04 bits per heavy atom. The average molecular weight is 344 g/mol. The smallest absolute Gasteiger partial charge is 0.264 e. The van der Waals surface area contributed by atoms with E-state index in [1.54, 1.807) is 7.05 Å². The zero-order valence-corrected chi connectivity index (χ0v) is 14.0. The van der Waals surface area contributed by atoms with Gasteiger partial charge in [0.2, 0.25) is 11.8 Å². The largest absolute Gasteiger partial charge is 0.494 e. The maximum absolute atomic E-state index is 12.2.